The predicted molar refractivity (Wildman–Crippen MR) is 180 cm³/mol. The third-order valence-corrected chi connectivity index (χ3v) is 9.34. The van der Waals surface area contributed by atoms with Gasteiger partial charge in [0.25, 0.3) is 15.9 Å². The Morgan fingerprint density at radius 1 is 0.784 bits per heavy atom. The lowest BCUT2D eigenvalue weighted by Crippen LogP contribution is -2.43. The number of aliphatic carboxylic acids is 1. The van der Waals surface area contributed by atoms with Crippen LogP contribution in [0.25, 0.3) is 33.2 Å². The Balaban J connectivity index is 1.21. The SMILES string of the molecule is O=C(N[C@@H](Cc1ccc(-c2cccc(O)c2O)c2ncccc12)C(=O)O)c1c(F)cc(NS(=O)(=O)c2ccc(-c3ccnc(F)c3)cc2)cc1F. The number of carbonyl (C=O) groups excluding carboxylic acids is 1. The molecule has 51 heavy (non-hydrogen) atoms. The van der Waals surface area contributed by atoms with Gasteiger partial charge in [0.1, 0.15) is 23.2 Å². The molecule has 0 aliphatic carbocycles. The number of phenolic OH excluding ortho intramolecular Hbond substituents is 2. The number of anilines is 1. The molecule has 2 aromatic heterocycles. The highest BCUT2D eigenvalue weighted by Crippen LogP contribution is 2.39. The minimum Gasteiger partial charge on any atom is -0.504 e. The Bertz CT molecular complexity index is 2420. The number of amides is 1. The van der Waals surface area contributed by atoms with Crippen molar-refractivity contribution in [1.82, 2.24) is 15.3 Å². The molecule has 0 unspecified atom stereocenters. The van der Waals surface area contributed by atoms with E-state index < -0.39 is 56.8 Å². The number of rotatable bonds is 10. The normalized spacial score (nSPS) is 12.0. The largest absolute Gasteiger partial charge is 0.504 e. The van der Waals surface area contributed by atoms with E-state index in [0.29, 0.717) is 45.3 Å². The van der Waals surface area contributed by atoms with Gasteiger partial charge in [0.15, 0.2) is 11.5 Å². The van der Waals surface area contributed by atoms with Crippen LogP contribution in [-0.4, -0.2) is 51.6 Å². The van der Waals surface area contributed by atoms with E-state index in [4.69, 9.17) is 0 Å². The highest BCUT2D eigenvalue weighted by Gasteiger charge is 2.27. The summed E-state index contributed by atoms with van der Waals surface area (Å²) < 4.78 is 71.9. The van der Waals surface area contributed by atoms with Crippen molar-refractivity contribution in [3.05, 3.63) is 132 Å². The van der Waals surface area contributed by atoms with E-state index in [1.165, 1.54) is 54.9 Å². The monoisotopic (exact) mass is 714 g/mol. The lowest BCUT2D eigenvalue weighted by molar-refractivity contribution is -0.139. The molecule has 1 atom stereocenters. The molecule has 5 N–H and O–H groups in total. The number of fused-ring (bicyclic) bond motifs is 1. The summed E-state index contributed by atoms with van der Waals surface area (Å²) in [6.07, 6.45) is 2.38. The van der Waals surface area contributed by atoms with Gasteiger partial charge >= 0.3 is 5.97 Å². The molecule has 15 heteroatoms. The first-order chi connectivity index (χ1) is 24.3. The highest BCUT2D eigenvalue weighted by molar-refractivity contribution is 7.92. The van der Waals surface area contributed by atoms with Crippen LogP contribution >= 0.6 is 0 Å². The van der Waals surface area contributed by atoms with E-state index in [9.17, 15) is 37.7 Å². The molecule has 6 rings (SSSR count). The Kier molecular flexibility index (Phi) is 9.30. The van der Waals surface area contributed by atoms with Crippen molar-refractivity contribution in [2.24, 2.45) is 0 Å². The molecule has 1 amide bonds. The van der Waals surface area contributed by atoms with Crippen LogP contribution in [0.3, 0.4) is 0 Å². The lowest BCUT2D eigenvalue weighted by Gasteiger charge is -2.18. The quantitative estimate of drug-likeness (QED) is 0.0839. The zero-order chi connectivity index (χ0) is 36.4. The van der Waals surface area contributed by atoms with Crippen LogP contribution in [0.15, 0.2) is 108 Å². The van der Waals surface area contributed by atoms with Crippen molar-refractivity contribution in [3.8, 4) is 33.8 Å². The van der Waals surface area contributed by atoms with Crippen molar-refractivity contribution < 1.29 is 46.5 Å². The lowest BCUT2D eigenvalue weighted by atomic mass is 9.94. The molecule has 0 fully saturated rings. The second-order valence-corrected chi connectivity index (χ2v) is 12.9. The van der Waals surface area contributed by atoms with Gasteiger partial charge in [-0.1, -0.05) is 42.5 Å². The smallest absolute Gasteiger partial charge is 0.326 e. The molecule has 0 aliphatic rings. The molecule has 4 aromatic carbocycles. The predicted octanol–water partition coefficient (Wildman–Crippen LogP) is 6.02. The standard InChI is InChI=1S/C36H25F3N4O7S/c37-27-17-22(43-51(49,50)23-9-6-19(7-10-23)20-12-14-40-31(39)16-20)18-28(38)32(27)35(46)42-29(36(47)48)15-21-8-11-25(33-24(21)4-2-13-41-33)26-3-1-5-30(44)34(26)45/h1-14,16-18,29,43-45H,15H2,(H,42,46)(H,47,48)/t29-/m0/s1. The molecular formula is C36H25F3N4O7S. The molecule has 0 radical (unpaired) electrons. The van der Waals surface area contributed by atoms with Gasteiger partial charge < -0.3 is 20.6 Å². The summed E-state index contributed by atoms with van der Waals surface area (Å²) in [6, 6.07) is 18.1. The van der Waals surface area contributed by atoms with Crippen molar-refractivity contribution in [1.29, 1.82) is 0 Å². The van der Waals surface area contributed by atoms with E-state index in [1.807, 2.05) is 4.72 Å². The first-order valence-corrected chi connectivity index (χ1v) is 16.5. The molecular weight excluding hydrogens is 689 g/mol. The molecule has 258 valence electrons. The molecule has 2 heterocycles. The summed E-state index contributed by atoms with van der Waals surface area (Å²) in [4.78, 5) is 32.8. The fourth-order valence-electron chi connectivity index (χ4n) is 5.50. The van der Waals surface area contributed by atoms with E-state index in [-0.39, 0.29) is 28.4 Å². The Morgan fingerprint density at radius 3 is 2.20 bits per heavy atom. The number of carboxylic acid groups (broad SMARTS) is 1. The number of aromatic nitrogens is 2. The third kappa shape index (κ3) is 7.14. The van der Waals surface area contributed by atoms with Gasteiger partial charge in [0.2, 0.25) is 5.95 Å². The van der Waals surface area contributed by atoms with Crippen molar-refractivity contribution in [3.63, 3.8) is 0 Å². The number of sulfonamides is 1. The first-order valence-electron chi connectivity index (χ1n) is 15.0. The summed E-state index contributed by atoms with van der Waals surface area (Å²) in [6.45, 7) is 0. The Morgan fingerprint density at radius 2 is 1.51 bits per heavy atom. The summed E-state index contributed by atoms with van der Waals surface area (Å²) in [5.74, 6) is -7.31. The minimum atomic E-state index is -4.37. The number of halogens is 3. The summed E-state index contributed by atoms with van der Waals surface area (Å²) in [5.41, 5.74) is 0.670. The van der Waals surface area contributed by atoms with Crippen molar-refractivity contribution in [2.45, 2.75) is 17.4 Å². The second kappa shape index (κ2) is 13.8. The van der Waals surface area contributed by atoms with Crippen LogP contribution in [0.4, 0.5) is 18.9 Å². The number of nitrogens with one attached hydrogen (secondary N) is 2. The Hall–Kier alpha value is -6.48. The molecule has 0 bridgehead atoms. The molecule has 0 aliphatic heterocycles. The number of carboxylic acids is 1. The number of nitrogens with zero attached hydrogens (tertiary/aromatic N) is 2. The first kappa shape index (κ1) is 34.4. The number of para-hydroxylation sites is 1. The maximum absolute atomic E-state index is 15.2. The van der Waals surface area contributed by atoms with E-state index in [1.54, 1.807) is 30.3 Å². The average Bonchev–Trinajstić information content (AvgIpc) is 3.09. The Labute approximate surface area is 287 Å². The van der Waals surface area contributed by atoms with E-state index >= 15 is 8.78 Å². The van der Waals surface area contributed by atoms with Crippen LogP contribution in [-0.2, 0) is 21.2 Å². The van der Waals surface area contributed by atoms with E-state index in [0.717, 1.165) is 6.07 Å². The van der Waals surface area contributed by atoms with Gasteiger partial charge in [-0.15, -0.1) is 0 Å². The zero-order valence-electron chi connectivity index (χ0n) is 26.0. The van der Waals surface area contributed by atoms with Gasteiger partial charge in [-0.2, -0.15) is 4.39 Å². The molecule has 6 aromatic rings. The fourth-order valence-corrected chi connectivity index (χ4v) is 6.54. The maximum Gasteiger partial charge on any atom is 0.326 e. The number of aromatic hydroxyl groups is 2. The van der Waals surface area contributed by atoms with Crippen LogP contribution in [0.2, 0.25) is 0 Å². The summed E-state index contributed by atoms with van der Waals surface area (Å²) >= 11 is 0. The topological polar surface area (TPSA) is 179 Å². The summed E-state index contributed by atoms with van der Waals surface area (Å²) in [7, 11) is -4.37. The third-order valence-electron chi connectivity index (χ3n) is 7.94. The molecule has 11 nitrogen and oxygen atoms in total. The number of carbonyl (C=O) groups is 2. The molecule has 0 saturated heterocycles. The van der Waals surface area contributed by atoms with Crippen LogP contribution in [0, 0.1) is 17.6 Å². The van der Waals surface area contributed by atoms with Gasteiger partial charge in [-0.25, -0.2) is 27.0 Å². The van der Waals surface area contributed by atoms with Crippen LogP contribution in [0.5, 0.6) is 11.5 Å². The van der Waals surface area contributed by atoms with Gasteiger partial charge in [0.05, 0.1) is 16.1 Å². The summed E-state index contributed by atoms with van der Waals surface area (Å²) in [5, 5.41) is 32.9. The number of benzene rings is 4. The molecule has 0 saturated carbocycles. The van der Waals surface area contributed by atoms with Crippen molar-refractivity contribution >= 4 is 38.5 Å². The maximum atomic E-state index is 15.2. The highest BCUT2D eigenvalue weighted by atomic mass is 32.2. The number of phenols is 2. The van der Waals surface area contributed by atoms with Gasteiger partial charge in [-0.05, 0) is 59.2 Å². The van der Waals surface area contributed by atoms with Gasteiger partial charge in [-0.3, -0.25) is 14.5 Å². The average molecular weight is 715 g/mol. The molecule has 0 spiro atoms. The zero-order valence-corrected chi connectivity index (χ0v) is 26.8. The van der Waals surface area contributed by atoms with Crippen molar-refractivity contribution in [2.75, 3.05) is 4.72 Å². The van der Waals surface area contributed by atoms with Crippen LogP contribution < -0.4 is 10.0 Å². The van der Waals surface area contributed by atoms with E-state index in [2.05, 4.69) is 15.3 Å². The number of hydrogen-bond donors (Lipinski definition) is 5. The second-order valence-electron chi connectivity index (χ2n) is 11.2. The minimum absolute atomic E-state index is 0.266. The van der Waals surface area contributed by atoms with Crippen LogP contribution in [0.1, 0.15) is 15.9 Å². The van der Waals surface area contributed by atoms with Gasteiger partial charge in [0, 0.05) is 41.4 Å². The number of hydrogen-bond acceptors (Lipinski definition) is 8. The fraction of sp³-hybridized carbons (Fsp3) is 0.0556. The number of pyridine rings is 2.